The third-order valence-electron chi connectivity index (χ3n) is 4.53. The fraction of sp³-hybridized carbons (Fsp3) is 0.0500. The van der Waals surface area contributed by atoms with Crippen molar-refractivity contribution in [2.45, 2.75) is 5.92 Å². The Hall–Kier alpha value is -2.85. The highest BCUT2D eigenvalue weighted by molar-refractivity contribution is 7.20. The van der Waals surface area contributed by atoms with Gasteiger partial charge in [-0.3, -0.25) is 9.59 Å². The number of nitrogens with zero attached hydrogens (tertiary/aromatic N) is 1. The van der Waals surface area contributed by atoms with E-state index in [0.29, 0.717) is 16.1 Å². The van der Waals surface area contributed by atoms with E-state index in [2.05, 4.69) is 11.1 Å². The summed E-state index contributed by atoms with van der Waals surface area (Å²) in [6.45, 7) is 0. The number of fused-ring (bicyclic) bond motifs is 4. The quantitative estimate of drug-likeness (QED) is 0.479. The van der Waals surface area contributed by atoms with Gasteiger partial charge >= 0.3 is 0 Å². The maximum Gasteiger partial charge on any atom is 0.181 e. The van der Waals surface area contributed by atoms with Crippen LogP contribution in [0.2, 0.25) is 0 Å². The van der Waals surface area contributed by atoms with E-state index in [0.717, 1.165) is 21.0 Å². The number of hydrogen-bond donors (Lipinski definition) is 0. The van der Waals surface area contributed by atoms with E-state index in [1.54, 1.807) is 24.3 Å². The maximum absolute atomic E-state index is 12.7. The molecule has 114 valence electrons. The van der Waals surface area contributed by atoms with Gasteiger partial charge in [-0.05, 0) is 11.5 Å². The van der Waals surface area contributed by atoms with Crippen molar-refractivity contribution in [3.63, 3.8) is 0 Å². The van der Waals surface area contributed by atoms with Gasteiger partial charge in [-0.15, -0.1) is 11.3 Å². The molecule has 1 aromatic heterocycles. The van der Waals surface area contributed by atoms with Gasteiger partial charge in [0.25, 0.3) is 0 Å². The molecule has 0 fully saturated rings. The van der Waals surface area contributed by atoms with Crippen LogP contribution >= 0.6 is 11.3 Å². The molecular formula is C20H11NO2S. The lowest BCUT2D eigenvalue weighted by molar-refractivity contribution is 0.0890. The molecule has 0 aliphatic heterocycles. The van der Waals surface area contributed by atoms with E-state index >= 15 is 0 Å². The minimum absolute atomic E-state index is 0.140. The standard InChI is InChI=1S/C20H11NO2S/c22-17-13-7-3-4-8-14(13)18(23)16(17)20-21-15-10-9-11-5-1-2-6-12(11)19(15)24-20/h1-10,16H. The Kier molecular flexibility index (Phi) is 2.73. The van der Waals surface area contributed by atoms with Crippen molar-refractivity contribution in [1.82, 2.24) is 4.98 Å². The average molecular weight is 329 g/mol. The molecule has 4 aromatic rings. The number of hydrogen-bond acceptors (Lipinski definition) is 4. The number of rotatable bonds is 1. The fourth-order valence-corrected chi connectivity index (χ4v) is 4.56. The van der Waals surface area contributed by atoms with E-state index < -0.39 is 5.92 Å². The molecule has 5 rings (SSSR count). The lowest BCUT2D eigenvalue weighted by atomic mass is 10.1. The van der Waals surface area contributed by atoms with Gasteiger partial charge in [0.2, 0.25) is 0 Å². The molecule has 1 aliphatic carbocycles. The first kappa shape index (κ1) is 13.6. The Morgan fingerprint density at radius 2 is 1.46 bits per heavy atom. The molecule has 0 radical (unpaired) electrons. The molecule has 4 heteroatoms. The van der Waals surface area contributed by atoms with Crippen molar-refractivity contribution >= 4 is 43.9 Å². The van der Waals surface area contributed by atoms with Crippen molar-refractivity contribution in [2.75, 3.05) is 0 Å². The summed E-state index contributed by atoms with van der Waals surface area (Å²) >= 11 is 1.45. The molecule has 3 aromatic carbocycles. The first-order valence-electron chi connectivity index (χ1n) is 7.70. The molecule has 24 heavy (non-hydrogen) atoms. The summed E-state index contributed by atoms with van der Waals surface area (Å²) in [5.41, 5.74) is 1.86. The Bertz CT molecular complexity index is 1120. The van der Waals surface area contributed by atoms with Crippen LogP contribution in [0.1, 0.15) is 31.6 Å². The van der Waals surface area contributed by atoms with Crippen molar-refractivity contribution in [1.29, 1.82) is 0 Å². The third-order valence-corrected chi connectivity index (χ3v) is 5.69. The zero-order valence-corrected chi connectivity index (χ0v) is 13.3. The van der Waals surface area contributed by atoms with Crippen molar-refractivity contribution < 1.29 is 9.59 Å². The first-order chi connectivity index (χ1) is 11.7. The Morgan fingerprint density at radius 1 is 0.792 bits per heavy atom. The molecule has 0 saturated carbocycles. The summed E-state index contributed by atoms with van der Waals surface area (Å²) in [4.78, 5) is 30.0. The van der Waals surface area contributed by atoms with E-state index in [1.807, 2.05) is 30.3 Å². The number of ketones is 2. The Balaban J connectivity index is 1.72. The molecular weight excluding hydrogens is 318 g/mol. The van der Waals surface area contributed by atoms with Gasteiger partial charge in [0.1, 0.15) is 10.9 Å². The molecule has 0 bridgehead atoms. The molecule has 0 saturated heterocycles. The maximum atomic E-state index is 12.7. The van der Waals surface area contributed by atoms with E-state index in [4.69, 9.17) is 0 Å². The molecule has 0 unspecified atom stereocenters. The summed E-state index contributed by atoms with van der Waals surface area (Å²) in [7, 11) is 0. The van der Waals surface area contributed by atoms with E-state index in [9.17, 15) is 9.59 Å². The van der Waals surface area contributed by atoms with Crippen LogP contribution in [0.3, 0.4) is 0 Å². The van der Waals surface area contributed by atoms with Gasteiger partial charge in [0.15, 0.2) is 11.6 Å². The number of carbonyl (C=O) groups is 2. The number of aromatic nitrogens is 1. The molecule has 0 amide bonds. The SMILES string of the molecule is O=C1c2ccccc2C(=O)C1c1nc2ccc3ccccc3c2s1. The van der Waals surface area contributed by atoms with Crippen LogP contribution in [0.5, 0.6) is 0 Å². The smallest absolute Gasteiger partial charge is 0.181 e. The summed E-state index contributed by atoms with van der Waals surface area (Å²) in [6, 6.07) is 19.1. The average Bonchev–Trinajstić information content (AvgIpc) is 3.15. The molecule has 1 heterocycles. The van der Waals surface area contributed by atoms with Crippen LogP contribution in [-0.4, -0.2) is 16.6 Å². The van der Waals surface area contributed by atoms with Crippen LogP contribution in [0.25, 0.3) is 21.0 Å². The molecule has 0 N–H and O–H groups in total. The Labute approximate surface area is 141 Å². The van der Waals surface area contributed by atoms with Crippen LogP contribution in [0.4, 0.5) is 0 Å². The van der Waals surface area contributed by atoms with Crippen molar-refractivity contribution in [2.24, 2.45) is 0 Å². The zero-order valence-electron chi connectivity index (χ0n) is 12.5. The van der Waals surface area contributed by atoms with Crippen LogP contribution in [0.15, 0.2) is 60.7 Å². The second-order valence-corrected chi connectivity index (χ2v) is 6.92. The Morgan fingerprint density at radius 3 is 2.21 bits per heavy atom. The third kappa shape index (κ3) is 1.74. The van der Waals surface area contributed by atoms with Gasteiger partial charge in [0.05, 0.1) is 10.2 Å². The van der Waals surface area contributed by atoms with Gasteiger partial charge in [-0.1, -0.05) is 54.6 Å². The topological polar surface area (TPSA) is 47.0 Å². The van der Waals surface area contributed by atoms with Gasteiger partial charge in [-0.25, -0.2) is 4.98 Å². The summed E-state index contributed by atoms with van der Waals surface area (Å²) in [5.74, 6) is -1.07. The van der Waals surface area contributed by atoms with E-state index in [1.165, 1.54) is 11.3 Å². The number of carbonyl (C=O) groups excluding carboxylic acids is 2. The molecule has 0 spiro atoms. The lowest BCUT2D eigenvalue weighted by Gasteiger charge is -2.00. The van der Waals surface area contributed by atoms with Crippen LogP contribution in [-0.2, 0) is 0 Å². The van der Waals surface area contributed by atoms with Crippen LogP contribution in [0, 0.1) is 0 Å². The zero-order chi connectivity index (χ0) is 16.3. The second-order valence-electron chi connectivity index (χ2n) is 5.89. The summed E-state index contributed by atoms with van der Waals surface area (Å²) in [6.07, 6.45) is 0. The lowest BCUT2D eigenvalue weighted by Crippen LogP contribution is -2.12. The second kappa shape index (κ2) is 4.82. The monoisotopic (exact) mass is 329 g/mol. The highest BCUT2D eigenvalue weighted by Crippen LogP contribution is 2.39. The summed E-state index contributed by atoms with van der Waals surface area (Å²) < 4.78 is 1.03. The predicted octanol–water partition coefficient (Wildman–Crippen LogP) is 4.61. The van der Waals surface area contributed by atoms with Crippen molar-refractivity contribution in [3.05, 3.63) is 76.8 Å². The van der Waals surface area contributed by atoms with Crippen LogP contribution < -0.4 is 0 Å². The minimum Gasteiger partial charge on any atom is -0.293 e. The number of benzene rings is 3. The van der Waals surface area contributed by atoms with Crippen molar-refractivity contribution in [3.8, 4) is 0 Å². The number of Topliss-reactive ketones (excluding diaryl/α,β-unsaturated/α-hetero) is 2. The molecule has 1 aliphatic rings. The largest absolute Gasteiger partial charge is 0.293 e. The van der Waals surface area contributed by atoms with Gasteiger partial charge < -0.3 is 0 Å². The highest BCUT2D eigenvalue weighted by Gasteiger charge is 2.41. The summed E-state index contributed by atoms with van der Waals surface area (Å²) in [5, 5.41) is 2.83. The van der Waals surface area contributed by atoms with Gasteiger partial charge in [0, 0.05) is 16.5 Å². The van der Waals surface area contributed by atoms with E-state index in [-0.39, 0.29) is 11.6 Å². The highest BCUT2D eigenvalue weighted by atomic mass is 32.1. The number of thiazole rings is 1. The minimum atomic E-state index is -0.793. The predicted molar refractivity (Wildman–Crippen MR) is 95.0 cm³/mol. The van der Waals surface area contributed by atoms with Gasteiger partial charge in [-0.2, -0.15) is 0 Å². The first-order valence-corrected chi connectivity index (χ1v) is 8.51. The fourth-order valence-electron chi connectivity index (χ4n) is 3.36. The molecule has 0 atom stereocenters. The molecule has 3 nitrogen and oxygen atoms in total. The normalized spacial score (nSPS) is 14.7.